The Bertz CT molecular complexity index is 248. The standard InChI is InChI=1S/C13H21NO/c1-3-4-10-15-12(2)11-14-13-8-6-5-7-9-13/h5-9,12,14H,3-4,10-11H2,1-2H3. The summed E-state index contributed by atoms with van der Waals surface area (Å²) in [4.78, 5) is 0. The lowest BCUT2D eigenvalue weighted by atomic mass is 10.3. The molecular weight excluding hydrogens is 186 g/mol. The van der Waals surface area contributed by atoms with Crippen LogP contribution in [0, 0.1) is 0 Å². The van der Waals surface area contributed by atoms with E-state index < -0.39 is 0 Å². The molecule has 1 aromatic rings. The van der Waals surface area contributed by atoms with E-state index in [0.717, 1.165) is 25.3 Å². The predicted octanol–water partition coefficient (Wildman–Crippen LogP) is 3.30. The number of unbranched alkanes of at least 4 members (excludes halogenated alkanes) is 1. The minimum absolute atomic E-state index is 0.275. The number of anilines is 1. The van der Waals surface area contributed by atoms with Crippen molar-refractivity contribution in [2.75, 3.05) is 18.5 Å². The lowest BCUT2D eigenvalue weighted by Crippen LogP contribution is -2.20. The van der Waals surface area contributed by atoms with Crippen LogP contribution in [0.3, 0.4) is 0 Å². The van der Waals surface area contributed by atoms with Crippen molar-refractivity contribution in [2.24, 2.45) is 0 Å². The van der Waals surface area contributed by atoms with E-state index >= 15 is 0 Å². The molecule has 0 heterocycles. The number of ether oxygens (including phenoxy) is 1. The monoisotopic (exact) mass is 207 g/mol. The molecule has 0 aromatic heterocycles. The number of hydrogen-bond acceptors (Lipinski definition) is 2. The number of rotatable bonds is 7. The minimum atomic E-state index is 0.275. The van der Waals surface area contributed by atoms with Gasteiger partial charge in [0.2, 0.25) is 0 Å². The molecule has 0 aliphatic heterocycles. The van der Waals surface area contributed by atoms with Crippen LogP contribution in [-0.2, 0) is 4.74 Å². The molecule has 15 heavy (non-hydrogen) atoms. The number of nitrogens with one attached hydrogen (secondary N) is 1. The fraction of sp³-hybridized carbons (Fsp3) is 0.538. The maximum atomic E-state index is 5.64. The van der Waals surface area contributed by atoms with Crippen LogP contribution in [-0.4, -0.2) is 19.3 Å². The Morgan fingerprint density at radius 3 is 2.67 bits per heavy atom. The van der Waals surface area contributed by atoms with Crippen molar-refractivity contribution < 1.29 is 4.74 Å². The van der Waals surface area contributed by atoms with Crippen LogP contribution in [0.2, 0.25) is 0 Å². The first kappa shape index (κ1) is 12.1. The maximum absolute atomic E-state index is 5.64. The zero-order valence-corrected chi connectivity index (χ0v) is 9.70. The molecule has 0 amide bonds. The largest absolute Gasteiger partial charge is 0.382 e. The summed E-state index contributed by atoms with van der Waals surface area (Å²) < 4.78 is 5.64. The molecule has 0 aliphatic carbocycles. The van der Waals surface area contributed by atoms with Gasteiger partial charge in [0, 0.05) is 18.8 Å². The zero-order chi connectivity index (χ0) is 10.9. The quantitative estimate of drug-likeness (QED) is 0.693. The Balaban J connectivity index is 2.14. The van der Waals surface area contributed by atoms with Crippen molar-refractivity contribution in [1.29, 1.82) is 0 Å². The fourth-order valence-electron chi connectivity index (χ4n) is 1.31. The van der Waals surface area contributed by atoms with Crippen molar-refractivity contribution >= 4 is 5.69 Å². The summed E-state index contributed by atoms with van der Waals surface area (Å²) in [6, 6.07) is 10.2. The number of hydrogen-bond donors (Lipinski definition) is 1. The second-order valence-corrected chi connectivity index (χ2v) is 3.78. The molecule has 1 rings (SSSR count). The molecule has 0 fully saturated rings. The van der Waals surface area contributed by atoms with Gasteiger partial charge in [0.05, 0.1) is 6.10 Å². The summed E-state index contributed by atoms with van der Waals surface area (Å²) in [7, 11) is 0. The van der Waals surface area contributed by atoms with Gasteiger partial charge in [-0.1, -0.05) is 31.5 Å². The Morgan fingerprint density at radius 2 is 2.00 bits per heavy atom. The zero-order valence-electron chi connectivity index (χ0n) is 9.70. The summed E-state index contributed by atoms with van der Waals surface area (Å²) >= 11 is 0. The molecule has 84 valence electrons. The molecule has 0 saturated carbocycles. The van der Waals surface area contributed by atoms with E-state index in [9.17, 15) is 0 Å². The topological polar surface area (TPSA) is 21.3 Å². The van der Waals surface area contributed by atoms with E-state index in [1.165, 1.54) is 6.42 Å². The summed E-state index contributed by atoms with van der Waals surface area (Å²) in [6.45, 7) is 6.02. The van der Waals surface area contributed by atoms with Crippen LogP contribution in [0.5, 0.6) is 0 Å². The molecule has 2 nitrogen and oxygen atoms in total. The highest BCUT2D eigenvalue weighted by Crippen LogP contribution is 2.05. The highest BCUT2D eigenvalue weighted by Gasteiger charge is 2.00. The van der Waals surface area contributed by atoms with Gasteiger partial charge in [-0.2, -0.15) is 0 Å². The average molecular weight is 207 g/mol. The Labute approximate surface area is 92.6 Å². The molecule has 0 radical (unpaired) electrons. The highest BCUT2D eigenvalue weighted by atomic mass is 16.5. The Kier molecular flexibility index (Phi) is 5.86. The molecule has 1 atom stereocenters. The van der Waals surface area contributed by atoms with Crippen LogP contribution < -0.4 is 5.32 Å². The Hall–Kier alpha value is -1.02. The smallest absolute Gasteiger partial charge is 0.0719 e. The van der Waals surface area contributed by atoms with Crippen molar-refractivity contribution in [2.45, 2.75) is 32.8 Å². The van der Waals surface area contributed by atoms with E-state index in [2.05, 4.69) is 31.3 Å². The number of para-hydroxylation sites is 1. The SMILES string of the molecule is CCCCOC(C)CNc1ccccc1. The van der Waals surface area contributed by atoms with E-state index in [-0.39, 0.29) is 6.10 Å². The Morgan fingerprint density at radius 1 is 1.27 bits per heavy atom. The molecule has 1 N–H and O–H groups in total. The van der Waals surface area contributed by atoms with Gasteiger partial charge in [-0.25, -0.2) is 0 Å². The maximum Gasteiger partial charge on any atom is 0.0719 e. The third-order valence-electron chi connectivity index (χ3n) is 2.27. The summed E-state index contributed by atoms with van der Waals surface area (Å²) in [6.07, 6.45) is 2.62. The first-order valence-electron chi connectivity index (χ1n) is 5.73. The van der Waals surface area contributed by atoms with Crippen molar-refractivity contribution in [3.63, 3.8) is 0 Å². The normalized spacial score (nSPS) is 12.4. The molecule has 0 aliphatic rings. The van der Waals surface area contributed by atoms with E-state index in [0.29, 0.717) is 0 Å². The van der Waals surface area contributed by atoms with Gasteiger partial charge in [-0.15, -0.1) is 0 Å². The van der Waals surface area contributed by atoms with Gasteiger partial charge >= 0.3 is 0 Å². The van der Waals surface area contributed by atoms with Crippen LogP contribution >= 0.6 is 0 Å². The molecule has 0 saturated heterocycles. The molecule has 1 unspecified atom stereocenters. The van der Waals surface area contributed by atoms with Gasteiger partial charge in [0.1, 0.15) is 0 Å². The third kappa shape index (κ3) is 5.43. The van der Waals surface area contributed by atoms with Crippen molar-refractivity contribution in [3.8, 4) is 0 Å². The number of benzene rings is 1. The van der Waals surface area contributed by atoms with E-state index in [4.69, 9.17) is 4.74 Å². The van der Waals surface area contributed by atoms with Crippen molar-refractivity contribution in [1.82, 2.24) is 0 Å². The fourth-order valence-corrected chi connectivity index (χ4v) is 1.31. The first-order chi connectivity index (χ1) is 7.33. The molecule has 0 bridgehead atoms. The van der Waals surface area contributed by atoms with Crippen LogP contribution in [0.1, 0.15) is 26.7 Å². The van der Waals surface area contributed by atoms with Gasteiger partial charge in [0.15, 0.2) is 0 Å². The average Bonchev–Trinajstić information content (AvgIpc) is 2.28. The second kappa shape index (κ2) is 7.30. The molecule has 2 heteroatoms. The lowest BCUT2D eigenvalue weighted by Gasteiger charge is -2.14. The van der Waals surface area contributed by atoms with Gasteiger partial charge in [-0.3, -0.25) is 0 Å². The molecular formula is C13H21NO. The highest BCUT2D eigenvalue weighted by molar-refractivity contribution is 5.42. The van der Waals surface area contributed by atoms with Crippen LogP contribution in [0.4, 0.5) is 5.69 Å². The van der Waals surface area contributed by atoms with Gasteiger partial charge in [0.25, 0.3) is 0 Å². The van der Waals surface area contributed by atoms with Crippen LogP contribution in [0.25, 0.3) is 0 Å². The van der Waals surface area contributed by atoms with Gasteiger partial charge in [-0.05, 0) is 25.5 Å². The van der Waals surface area contributed by atoms with Crippen LogP contribution in [0.15, 0.2) is 30.3 Å². The second-order valence-electron chi connectivity index (χ2n) is 3.78. The van der Waals surface area contributed by atoms with Crippen molar-refractivity contribution in [3.05, 3.63) is 30.3 Å². The summed E-state index contributed by atoms with van der Waals surface area (Å²) in [5, 5.41) is 3.35. The molecule has 1 aromatic carbocycles. The van der Waals surface area contributed by atoms with Gasteiger partial charge < -0.3 is 10.1 Å². The minimum Gasteiger partial charge on any atom is -0.382 e. The third-order valence-corrected chi connectivity index (χ3v) is 2.27. The predicted molar refractivity (Wildman–Crippen MR) is 65.3 cm³/mol. The van der Waals surface area contributed by atoms with E-state index in [1.54, 1.807) is 0 Å². The first-order valence-corrected chi connectivity index (χ1v) is 5.73. The lowest BCUT2D eigenvalue weighted by molar-refractivity contribution is 0.0726. The summed E-state index contributed by atoms with van der Waals surface area (Å²) in [5.74, 6) is 0. The molecule has 0 spiro atoms. The summed E-state index contributed by atoms with van der Waals surface area (Å²) in [5.41, 5.74) is 1.16. The van der Waals surface area contributed by atoms with E-state index in [1.807, 2.05) is 18.2 Å².